The highest BCUT2D eigenvalue weighted by Crippen LogP contribution is 2.25. The Kier molecular flexibility index (Phi) is 9.37. The van der Waals surface area contributed by atoms with Gasteiger partial charge in [0, 0.05) is 44.4 Å². The molecule has 1 aliphatic heterocycles. The van der Waals surface area contributed by atoms with E-state index in [1.165, 1.54) is 0 Å². The summed E-state index contributed by atoms with van der Waals surface area (Å²) in [6.07, 6.45) is 0.173. The first-order valence-electron chi connectivity index (χ1n) is 10.1. The number of ether oxygens (including phenoxy) is 3. The molecule has 28 heavy (non-hydrogen) atoms. The zero-order valence-corrected chi connectivity index (χ0v) is 18.0. The van der Waals surface area contributed by atoms with Gasteiger partial charge in [0.25, 0.3) is 0 Å². The number of methoxy groups -OCH3 is 2. The van der Waals surface area contributed by atoms with Crippen molar-refractivity contribution in [2.75, 3.05) is 53.6 Å². The van der Waals surface area contributed by atoms with Gasteiger partial charge in [-0.25, -0.2) is 4.99 Å². The monoisotopic (exact) mass is 392 g/mol. The summed E-state index contributed by atoms with van der Waals surface area (Å²) in [5.41, 5.74) is 1.01. The van der Waals surface area contributed by atoms with Crippen LogP contribution in [0.1, 0.15) is 26.3 Å². The van der Waals surface area contributed by atoms with Crippen LogP contribution in [-0.4, -0.2) is 70.5 Å². The molecule has 1 saturated heterocycles. The van der Waals surface area contributed by atoms with Gasteiger partial charge in [-0.05, 0) is 25.0 Å². The summed E-state index contributed by atoms with van der Waals surface area (Å²) in [4.78, 5) is 7.18. The lowest BCUT2D eigenvalue weighted by Crippen LogP contribution is -2.50. The van der Waals surface area contributed by atoms with Crippen LogP contribution in [0.25, 0.3) is 0 Å². The Labute approximate surface area is 169 Å². The van der Waals surface area contributed by atoms with Gasteiger partial charge in [0.15, 0.2) is 5.96 Å². The van der Waals surface area contributed by atoms with Gasteiger partial charge in [-0.3, -0.25) is 4.90 Å². The summed E-state index contributed by atoms with van der Waals surface area (Å²) in [6.45, 7) is 12.5. The average Bonchev–Trinajstić information content (AvgIpc) is 2.69. The Hall–Kier alpha value is -1.99. The fourth-order valence-corrected chi connectivity index (χ4v) is 3.29. The topological polar surface area (TPSA) is 67.4 Å². The van der Waals surface area contributed by atoms with E-state index in [0.717, 1.165) is 62.4 Å². The predicted molar refractivity (Wildman–Crippen MR) is 113 cm³/mol. The van der Waals surface area contributed by atoms with Crippen LogP contribution < -0.4 is 20.1 Å². The molecule has 0 spiro atoms. The van der Waals surface area contributed by atoms with E-state index < -0.39 is 0 Å². The van der Waals surface area contributed by atoms with Crippen molar-refractivity contribution >= 4 is 5.96 Å². The molecule has 1 unspecified atom stereocenters. The molecule has 158 valence electrons. The molecule has 0 radical (unpaired) electrons. The van der Waals surface area contributed by atoms with Crippen molar-refractivity contribution < 1.29 is 14.2 Å². The molecule has 2 rings (SSSR count). The minimum absolute atomic E-state index is 0.173. The molecule has 7 nitrogen and oxygen atoms in total. The maximum absolute atomic E-state index is 5.92. The third-order valence-corrected chi connectivity index (χ3v) is 4.59. The summed E-state index contributed by atoms with van der Waals surface area (Å²) in [5, 5.41) is 6.72. The van der Waals surface area contributed by atoms with E-state index in [1.54, 1.807) is 14.2 Å². The standard InChI is InChI=1S/C21H36N4O3/c1-6-22-21(23-12-17-7-8-18(26-4)11-20(17)27-5)24-13-19-15-25(9-10-28-19)14-16(2)3/h7-8,11,16,19H,6,9-10,12-15H2,1-5H3,(H2,22,23,24). The van der Waals surface area contributed by atoms with Crippen molar-refractivity contribution in [3.8, 4) is 11.5 Å². The summed E-state index contributed by atoms with van der Waals surface area (Å²) < 4.78 is 16.6. The number of nitrogens with one attached hydrogen (secondary N) is 2. The van der Waals surface area contributed by atoms with Crippen LogP contribution in [0.4, 0.5) is 0 Å². The highest BCUT2D eigenvalue weighted by atomic mass is 16.5. The number of rotatable bonds is 9. The molecular weight excluding hydrogens is 356 g/mol. The lowest BCUT2D eigenvalue weighted by Gasteiger charge is -2.34. The van der Waals surface area contributed by atoms with Crippen molar-refractivity contribution in [3.05, 3.63) is 23.8 Å². The van der Waals surface area contributed by atoms with E-state index in [1.807, 2.05) is 18.2 Å². The van der Waals surface area contributed by atoms with Crippen LogP contribution in [0.2, 0.25) is 0 Å². The van der Waals surface area contributed by atoms with E-state index in [2.05, 4.69) is 36.3 Å². The van der Waals surface area contributed by atoms with Crippen LogP contribution in [0.3, 0.4) is 0 Å². The van der Waals surface area contributed by atoms with Gasteiger partial charge in [0.05, 0.1) is 33.5 Å². The first-order chi connectivity index (χ1) is 13.5. The zero-order chi connectivity index (χ0) is 20.4. The van der Waals surface area contributed by atoms with Crippen LogP contribution in [0, 0.1) is 5.92 Å². The number of nitrogens with zero attached hydrogens (tertiary/aromatic N) is 2. The second-order valence-electron chi connectivity index (χ2n) is 7.40. The van der Waals surface area contributed by atoms with Crippen molar-refractivity contribution in [2.24, 2.45) is 10.9 Å². The SMILES string of the molecule is CCNC(=NCc1ccc(OC)cc1OC)NCC1CN(CC(C)C)CCO1. The first kappa shape index (κ1) is 22.3. The Balaban J connectivity index is 1.93. The smallest absolute Gasteiger partial charge is 0.191 e. The van der Waals surface area contributed by atoms with Crippen LogP contribution >= 0.6 is 0 Å². The number of hydrogen-bond acceptors (Lipinski definition) is 5. The van der Waals surface area contributed by atoms with Gasteiger partial charge < -0.3 is 24.8 Å². The van der Waals surface area contributed by atoms with Crippen molar-refractivity contribution in [3.63, 3.8) is 0 Å². The number of hydrogen-bond donors (Lipinski definition) is 2. The van der Waals surface area contributed by atoms with Gasteiger partial charge in [-0.1, -0.05) is 13.8 Å². The number of morpholine rings is 1. The van der Waals surface area contributed by atoms with E-state index in [0.29, 0.717) is 12.5 Å². The molecule has 1 atom stereocenters. The Morgan fingerprint density at radius 2 is 2.11 bits per heavy atom. The Morgan fingerprint density at radius 1 is 1.29 bits per heavy atom. The van der Waals surface area contributed by atoms with Gasteiger partial charge >= 0.3 is 0 Å². The molecule has 1 aromatic carbocycles. The first-order valence-corrected chi connectivity index (χ1v) is 10.1. The fraction of sp³-hybridized carbons (Fsp3) is 0.667. The molecule has 0 bridgehead atoms. The normalized spacial score (nSPS) is 18.2. The third-order valence-electron chi connectivity index (χ3n) is 4.59. The molecule has 1 aliphatic rings. The zero-order valence-electron chi connectivity index (χ0n) is 18.0. The molecule has 0 aromatic heterocycles. The number of guanidine groups is 1. The largest absolute Gasteiger partial charge is 0.497 e. The molecule has 0 aliphatic carbocycles. The highest BCUT2D eigenvalue weighted by Gasteiger charge is 2.21. The van der Waals surface area contributed by atoms with Gasteiger partial charge in [0.2, 0.25) is 0 Å². The van der Waals surface area contributed by atoms with Crippen molar-refractivity contribution in [2.45, 2.75) is 33.4 Å². The summed E-state index contributed by atoms with van der Waals surface area (Å²) >= 11 is 0. The molecular formula is C21H36N4O3. The lowest BCUT2D eigenvalue weighted by atomic mass is 10.2. The second kappa shape index (κ2) is 11.8. The molecule has 7 heteroatoms. The Bertz CT molecular complexity index is 622. The molecule has 1 heterocycles. The summed E-state index contributed by atoms with van der Waals surface area (Å²) in [5.74, 6) is 3.00. The van der Waals surface area contributed by atoms with Crippen LogP contribution in [-0.2, 0) is 11.3 Å². The Morgan fingerprint density at radius 3 is 2.79 bits per heavy atom. The maximum Gasteiger partial charge on any atom is 0.191 e. The molecule has 0 amide bonds. The number of aliphatic imine (C=N–C) groups is 1. The van der Waals surface area contributed by atoms with Crippen LogP contribution in [0.5, 0.6) is 11.5 Å². The molecule has 0 saturated carbocycles. The predicted octanol–water partition coefficient (Wildman–Crippen LogP) is 2.12. The van der Waals surface area contributed by atoms with E-state index in [9.17, 15) is 0 Å². The average molecular weight is 393 g/mol. The lowest BCUT2D eigenvalue weighted by molar-refractivity contribution is -0.0284. The molecule has 1 aromatic rings. The second-order valence-corrected chi connectivity index (χ2v) is 7.40. The van der Waals surface area contributed by atoms with E-state index >= 15 is 0 Å². The van der Waals surface area contributed by atoms with Crippen molar-refractivity contribution in [1.29, 1.82) is 0 Å². The maximum atomic E-state index is 5.92. The van der Waals surface area contributed by atoms with Gasteiger partial charge in [-0.2, -0.15) is 0 Å². The third kappa shape index (κ3) is 7.20. The van der Waals surface area contributed by atoms with Crippen LogP contribution in [0.15, 0.2) is 23.2 Å². The molecule has 1 fully saturated rings. The van der Waals surface area contributed by atoms with E-state index in [4.69, 9.17) is 19.2 Å². The summed E-state index contributed by atoms with van der Waals surface area (Å²) in [7, 11) is 3.31. The minimum atomic E-state index is 0.173. The molecule has 2 N–H and O–H groups in total. The fourth-order valence-electron chi connectivity index (χ4n) is 3.29. The van der Waals surface area contributed by atoms with Crippen molar-refractivity contribution in [1.82, 2.24) is 15.5 Å². The van der Waals surface area contributed by atoms with Gasteiger partial charge in [0.1, 0.15) is 11.5 Å². The minimum Gasteiger partial charge on any atom is -0.497 e. The van der Waals surface area contributed by atoms with E-state index in [-0.39, 0.29) is 6.10 Å². The number of benzene rings is 1. The van der Waals surface area contributed by atoms with Gasteiger partial charge in [-0.15, -0.1) is 0 Å². The highest BCUT2D eigenvalue weighted by molar-refractivity contribution is 5.79. The summed E-state index contributed by atoms with van der Waals surface area (Å²) in [6, 6.07) is 5.79. The quantitative estimate of drug-likeness (QED) is 0.496.